The number of nitrogens with zero attached hydrogens (tertiary/aromatic N) is 2. The van der Waals surface area contributed by atoms with Gasteiger partial charge in [0.05, 0.1) is 0 Å². The van der Waals surface area contributed by atoms with E-state index in [1.165, 1.54) is 0 Å². The second-order valence-electron chi connectivity index (χ2n) is 6.01. The molecule has 0 aliphatic heterocycles. The Hall–Kier alpha value is -0.650. The topological polar surface area (TPSA) is 55.8 Å². The molecule has 5 heteroatoms. The number of rotatable bonds is 8. The molecule has 0 saturated heterocycles. The molecular formula is C14H29N3O2. The van der Waals surface area contributed by atoms with Gasteiger partial charge in [-0.25, -0.2) is 0 Å². The van der Waals surface area contributed by atoms with E-state index in [9.17, 15) is 9.90 Å². The summed E-state index contributed by atoms with van der Waals surface area (Å²) in [5, 5.41) is 12.6. The van der Waals surface area contributed by atoms with Crippen LogP contribution in [0.5, 0.6) is 0 Å². The van der Waals surface area contributed by atoms with Gasteiger partial charge in [-0.05, 0) is 59.9 Å². The fraction of sp³-hybridized carbons (Fsp3) is 0.929. The predicted molar refractivity (Wildman–Crippen MR) is 77.4 cm³/mol. The number of carbonyl (C=O) groups is 1. The summed E-state index contributed by atoms with van der Waals surface area (Å²) in [7, 11) is 8.03. The van der Waals surface area contributed by atoms with Crippen molar-refractivity contribution in [1.82, 2.24) is 15.1 Å². The number of carboxylic acids is 1. The van der Waals surface area contributed by atoms with Crippen molar-refractivity contribution in [3.8, 4) is 0 Å². The molecule has 0 heterocycles. The minimum absolute atomic E-state index is 0.247. The van der Waals surface area contributed by atoms with Gasteiger partial charge in [0.25, 0.3) is 0 Å². The van der Waals surface area contributed by atoms with Gasteiger partial charge in [-0.1, -0.05) is 6.42 Å². The first-order chi connectivity index (χ1) is 8.92. The Kier molecular flexibility index (Phi) is 6.23. The van der Waals surface area contributed by atoms with Gasteiger partial charge >= 0.3 is 5.97 Å². The standard InChI is InChI=1S/C14H29N3O2/c1-15-14(13(18)19)8-5-6-12(14)7-9-17(4)11-10-16(2)3/h12,15H,5-11H2,1-4H3,(H,18,19). The van der Waals surface area contributed by atoms with E-state index in [2.05, 4.69) is 36.3 Å². The van der Waals surface area contributed by atoms with Crippen LogP contribution in [0.2, 0.25) is 0 Å². The molecule has 1 aliphatic rings. The van der Waals surface area contributed by atoms with E-state index in [0.717, 1.165) is 45.3 Å². The average Bonchev–Trinajstić information content (AvgIpc) is 2.77. The highest BCUT2D eigenvalue weighted by Crippen LogP contribution is 2.38. The largest absolute Gasteiger partial charge is 0.480 e. The van der Waals surface area contributed by atoms with Crippen LogP contribution in [0.1, 0.15) is 25.7 Å². The van der Waals surface area contributed by atoms with Crippen molar-refractivity contribution in [3.63, 3.8) is 0 Å². The predicted octanol–water partition coefficient (Wildman–Crippen LogP) is 0.713. The Labute approximate surface area is 117 Å². The van der Waals surface area contributed by atoms with Gasteiger partial charge in [0.1, 0.15) is 5.54 Å². The lowest BCUT2D eigenvalue weighted by Crippen LogP contribution is -2.53. The highest BCUT2D eigenvalue weighted by molar-refractivity contribution is 5.79. The molecular weight excluding hydrogens is 242 g/mol. The zero-order chi connectivity index (χ0) is 14.5. The van der Waals surface area contributed by atoms with E-state index in [1.54, 1.807) is 7.05 Å². The average molecular weight is 271 g/mol. The first kappa shape index (κ1) is 16.4. The number of likely N-dealkylation sites (N-methyl/N-ethyl adjacent to an activating group) is 3. The first-order valence-corrected chi connectivity index (χ1v) is 7.18. The van der Waals surface area contributed by atoms with Crippen LogP contribution in [0.15, 0.2) is 0 Å². The van der Waals surface area contributed by atoms with E-state index < -0.39 is 11.5 Å². The first-order valence-electron chi connectivity index (χ1n) is 7.18. The van der Waals surface area contributed by atoms with E-state index in [1.807, 2.05) is 0 Å². The Morgan fingerprint density at radius 3 is 2.53 bits per heavy atom. The molecule has 1 aliphatic carbocycles. The van der Waals surface area contributed by atoms with Crippen molar-refractivity contribution in [3.05, 3.63) is 0 Å². The second-order valence-corrected chi connectivity index (χ2v) is 6.01. The van der Waals surface area contributed by atoms with Crippen LogP contribution < -0.4 is 5.32 Å². The Morgan fingerprint density at radius 2 is 2.00 bits per heavy atom. The lowest BCUT2D eigenvalue weighted by molar-refractivity contribution is -0.146. The summed E-state index contributed by atoms with van der Waals surface area (Å²) in [6, 6.07) is 0. The zero-order valence-electron chi connectivity index (χ0n) is 12.8. The number of carboxylic acid groups (broad SMARTS) is 1. The summed E-state index contributed by atoms with van der Waals surface area (Å²) >= 11 is 0. The Bertz CT molecular complexity index is 296. The molecule has 0 aromatic heterocycles. The maximum Gasteiger partial charge on any atom is 0.324 e. The van der Waals surface area contributed by atoms with Crippen LogP contribution in [-0.2, 0) is 4.79 Å². The molecule has 0 aromatic rings. The van der Waals surface area contributed by atoms with Gasteiger partial charge in [-0.2, -0.15) is 0 Å². The van der Waals surface area contributed by atoms with Gasteiger partial charge < -0.3 is 20.2 Å². The molecule has 2 N–H and O–H groups in total. The van der Waals surface area contributed by atoms with Gasteiger partial charge in [0.2, 0.25) is 0 Å². The molecule has 2 unspecified atom stereocenters. The molecule has 0 aromatic carbocycles. The van der Waals surface area contributed by atoms with E-state index in [0.29, 0.717) is 0 Å². The SMILES string of the molecule is CNC1(C(=O)O)CCCC1CCN(C)CCN(C)C. The molecule has 5 nitrogen and oxygen atoms in total. The summed E-state index contributed by atoms with van der Waals surface area (Å²) < 4.78 is 0. The lowest BCUT2D eigenvalue weighted by atomic mass is 9.84. The van der Waals surface area contributed by atoms with Crippen LogP contribution in [0.25, 0.3) is 0 Å². The van der Waals surface area contributed by atoms with E-state index in [4.69, 9.17) is 0 Å². The van der Waals surface area contributed by atoms with Crippen molar-refractivity contribution in [1.29, 1.82) is 0 Å². The molecule has 0 radical (unpaired) electrons. The zero-order valence-corrected chi connectivity index (χ0v) is 12.8. The molecule has 1 fully saturated rings. The van der Waals surface area contributed by atoms with Crippen molar-refractivity contribution < 1.29 is 9.90 Å². The molecule has 112 valence electrons. The van der Waals surface area contributed by atoms with E-state index >= 15 is 0 Å². The monoisotopic (exact) mass is 271 g/mol. The minimum atomic E-state index is -0.692. The Balaban J connectivity index is 2.45. The minimum Gasteiger partial charge on any atom is -0.480 e. The summed E-state index contributed by atoms with van der Waals surface area (Å²) in [4.78, 5) is 16.0. The summed E-state index contributed by atoms with van der Waals surface area (Å²) in [5.74, 6) is -0.440. The van der Waals surface area contributed by atoms with Gasteiger partial charge in [-0.3, -0.25) is 4.79 Å². The maximum absolute atomic E-state index is 11.5. The van der Waals surface area contributed by atoms with Crippen molar-refractivity contribution in [2.24, 2.45) is 5.92 Å². The van der Waals surface area contributed by atoms with Crippen LogP contribution in [0.4, 0.5) is 0 Å². The normalized spacial score (nSPS) is 27.4. The molecule has 1 rings (SSSR count). The molecule has 19 heavy (non-hydrogen) atoms. The number of nitrogens with one attached hydrogen (secondary N) is 1. The van der Waals surface area contributed by atoms with Gasteiger partial charge in [0, 0.05) is 13.1 Å². The highest BCUT2D eigenvalue weighted by Gasteiger charge is 2.47. The van der Waals surface area contributed by atoms with E-state index in [-0.39, 0.29) is 5.92 Å². The van der Waals surface area contributed by atoms with Crippen molar-refractivity contribution in [2.45, 2.75) is 31.2 Å². The maximum atomic E-state index is 11.5. The molecule has 0 bridgehead atoms. The number of hydrogen-bond donors (Lipinski definition) is 2. The number of aliphatic carboxylic acids is 1. The summed E-state index contributed by atoms with van der Waals surface area (Å²) in [6.07, 6.45) is 3.75. The van der Waals surface area contributed by atoms with Crippen LogP contribution >= 0.6 is 0 Å². The number of hydrogen-bond acceptors (Lipinski definition) is 4. The fourth-order valence-corrected chi connectivity index (χ4v) is 3.04. The van der Waals surface area contributed by atoms with Gasteiger partial charge in [-0.15, -0.1) is 0 Å². The molecule has 0 spiro atoms. The third-order valence-electron chi connectivity index (χ3n) is 4.44. The van der Waals surface area contributed by atoms with Crippen LogP contribution in [0, 0.1) is 5.92 Å². The molecule has 1 saturated carbocycles. The van der Waals surface area contributed by atoms with Crippen LogP contribution in [0.3, 0.4) is 0 Å². The fourth-order valence-electron chi connectivity index (χ4n) is 3.04. The smallest absolute Gasteiger partial charge is 0.324 e. The molecule has 2 atom stereocenters. The summed E-state index contributed by atoms with van der Waals surface area (Å²) in [6.45, 7) is 3.03. The molecule has 0 amide bonds. The van der Waals surface area contributed by atoms with Crippen molar-refractivity contribution in [2.75, 3.05) is 47.8 Å². The lowest BCUT2D eigenvalue weighted by Gasteiger charge is -2.32. The van der Waals surface area contributed by atoms with Crippen LogP contribution in [-0.4, -0.2) is 74.2 Å². The highest BCUT2D eigenvalue weighted by atomic mass is 16.4. The third-order valence-corrected chi connectivity index (χ3v) is 4.44. The Morgan fingerprint density at radius 1 is 1.32 bits per heavy atom. The quantitative estimate of drug-likeness (QED) is 0.681. The van der Waals surface area contributed by atoms with Crippen molar-refractivity contribution >= 4 is 5.97 Å². The third kappa shape index (κ3) is 4.16. The van der Waals surface area contributed by atoms with Gasteiger partial charge in [0.15, 0.2) is 0 Å². The second kappa shape index (κ2) is 7.22. The summed E-state index contributed by atoms with van der Waals surface area (Å²) in [5.41, 5.74) is -0.692.